The first-order chi connectivity index (χ1) is 8.81. The van der Waals surface area contributed by atoms with Crippen molar-refractivity contribution >= 4 is 23.4 Å². The lowest BCUT2D eigenvalue weighted by Crippen LogP contribution is -2.08. The summed E-state index contributed by atoms with van der Waals surface area (Å²) in [5.74, 6) is 0.0841. The van der Waals surface area contributed by atoms with Crippen LogP contribution in [-0.2, 0) is 4.79 Å². The van der Waals surface area contributed by atoms with Gasteiger partial charge in [0.05, 0.1) is 0 Å². The highest BCUT2D eigenvalue weighted by atomic mass is 32.2. The third-order valence-corrected chi connectivity index (χ3v) is 4.11. The van der Waals surface area contributed by atoms with Gasteiger partial charge in [0.2, 0.25) is 5.91 Å². The molecule has 0 saturated carbocycles. The highest BCUT2D eigenvalue weighted by Gasteiger charge is 2.32. The van der Waals surface area contributed by atoms with Gasteiger partial charge in [-0.3, -0.25) is 4.79 Å². The molecule has 90 valence electrons. The van der Waals surface area contributed by atoms with Crippen molar-refractivity contribution in [1.29, 1.82) is 0 Å². The maximum atomic E-state index is 11.9. The molecule has 0 aliphatic carbocycles. The van der Waals surface area contributed by atoms with Crippen LogP contribution in [0.25, 0.3) is 11.1 Å². The number of hydrogen-bond acceptors (Lipinski definition) is 2. The summed E-state index contributed by atoms with van der Waals surface area (Å²) in [5, 5.41) is 2.85. The smallest absolute Gasteiger partial charge is 0.242 e. The van der Waals surface area contributed by atoms with Crippen LogP contribution in [0.1, 0.15) is 10.8 Å². The van der Waals surface area contributed by atoms with Crippen LogP contribution in [0.5, 0.6) is 0 Å². The number of benzene rings is 2. The Hall–Kier alpha value is -1.74. The Morgan fingerprint density at radius 1 is 1.06 bits per heavy atom. The number of amides is 1. The molecule has 0 fully saturated rings. The molecule has 1 amide bonds. The second-order valence-electron chi connectivity index (χ2n) is 4.24. The van der Waals surface area contributed by atoms with Crippen LogP contribution in [-0.4, -0.2) is 12.2 Å². The lowest BCUT2D eigenvalue weighted by atomic mass is 9.98. The summed E-state index contributed by atoms with van der Waals surface area (Å²) in [4.78, 5) is 11.9. The Bertz CT molecular complexity index is 595. The van der Waals surface area contributed by atoms with Crippen LogP contribution in [0.4, 0.5) is 5.69 Å². The van der Waals surface area contributed by atoms with Crippen molar-refractivity contribution in [1.82, 2.24) is 0 Å². The highest BCUT2D eigenvalue weighted by molar-refractivity contribution is 7.99. The molecule has 2 nitrogen and oxygen atoms in total. The molecule has 1 heterocycles. The zero-order chi connectivity index (χ0) is 12.5. The third kappa shape index (κ3) is 1.71. The van der Waals surface area contributed by atoms with Crippen molar-refractivity contribution in [2.75, 3.05) is 11.6 Å². The van der Waals surface area contributed by atoms with Crippen LogP contribution in [0.3, 0.4) is 0 Å². The zero-order valence-corrected chi connectivity index (χ0v) is 10.8. The highest BCUT2D eigenvalue weighted by Crippen LogP contribution is 2.44. The quantitative estimate of drug-likeness (QED) is 0.886. The molecule has 1 N–H and O–H groups in total. The summed E-state index contributed by atoms with van der Waals surface area (Å²) in [6, 6.07) is 16.2. The number of fused-ring (bicyclic) bond motifs is 1. The van der Waals surface area contributed by atoms with Gasteiger partial charge in [0.15, 0.2) is 0 Å². The number of thioether (sulfide) groups is 1. The second-order valence-corrected chi connectivity index (χ2v) is 5.18. The Balaban J connectivity index is 2.19. The zero-order valence-electron chi connectivity index (χ0n) is 10.0. The van der Waals surface area contributed by atoms with Gasteiger partial charge < -0.3 is 5.32 Å². The van der Waals surface area contributed by atoms with Gasteiger partial charge in [0.25, 0.3) is 0 Å². The number of nitrogens with one attached hydrogen (secondary N) is 1. The largest absolute Gasteiger partial charge is 0.324 e. The van der Waals surface area contributed by atoms with Gasteiger partial charge in [-0.25, -0.2) is 0 Å². The van der Waals surface area contributed by atoms with Gasteiger partial charge in [-0.15, -0.1) is 11.8 Å². The minimum Gasteiger partial charge on any atom is -0.324 e. The van der Waals surface area contributed by atoms with E-state index in [0.717, 1.165) is 22.4 Å². The summed E-state index contributed by atoms with van der Waals surface area (Å²) in [5.41, 5.74) is 4.36. The summed E-state index contributed by atoms with van der Waals surface area (Å²) in [6.07, 6.45) is 1.97. The summed E-state index contributed by atoms with van der Waals surface area (Å²) in [7, 11) is 0. The minimum atomic E-state index is -0.101. The average Bonchev–Trinajstić information content (AvgIpc) is 2.74. The fraction of sp³-hybridized carbons (Fsp3) is 0.133. The van der Waals surface area contributed by atoms with E-state index in [1.54, 1.807) is 11.8 Å². The maximum Gasteiger partial charge on any atom is 0.242 e. The van der Waals surface area contributed by atoms with Crippen molar-refractivity contribution in [2.45, 2.75) is 5.25 Å². The lowest BCUT2D eigenvalue weighted by molar-refractivity contribution is -0.115. The number of anilines is 1. The lowest BCUT2D eigenvalue weighted by Gasteiger charge is -2.11. The first-order valence-electron chi connectivity index (χ1n) is 5.83. The Morgan fingerprint density at radius 3 is 2.56 bits per heavy atom. The summed E-state index contributed by atoms with van der Waals surface area (Å²) in [6.45, 7) is 0. The second kappa shape index (κ2) is 4.50. The van der Waals surface area contributed by atoms with E-state index < -0.39 is 0 Å². The first kappa shape index (κ1) is 11.4. The summed E-state index contributed by atoms with van der Waals surface area (Å²) >= 11 is 1.58. The monoisotopic (exact) mass is 255 g/mol. The van der Waals surface area contributed by atoms with Crippen molar-refractivity contribution in [2.24, 2.45) is 0 Å². The molecule has 3 rings (SSSR count). The van der Waals surface area contributed by atoms with Gasteiger partial charge in [-0.1, -0.05) is 42.5 Å². The van der Waals surface area contributed by atoms with Gasteiger partial charge in [0, 0.05) is 11.3 Å². The van der Waals surface area contributed by atoms with Crippen molar-refractivity contribution in [3.63, 3.8) is 0 Å². The molecule has 0 bridgehead atoms. The SMILES string of the molecule is CSC1C(=O)Nc2cccc(-c3ccccc3)c21. The molecule has 0 spiro atoms. The molecular formula is C15H13NOS. The van der Waals surface area contributed by atoms with Crippen LogP contribution in [0, 0.1) is 0 Å². The van der Waals surface area contributed by atoms with E-state index in [9.17, 15) is 4.79 Å². The first-order valence-corrected chi connectivity index (χ1v) is 7.12. The molecule has 0 saturated heterocycles. The molecule has 0 radical (unpaired) electrons. The third-order valence-electron chi connectivity index (χ3n) is 3.18. The number of hydrogen-bond donors (Lipinski definition) is 1. The van der Waals surface area contributed by atoms with Crippen molar-refractivity contribution in [3.05, 3.63) is 54.1 Å². The van der Waals surface area contributed by atoms with E-state index in [2.05, 4.69) is 23.5 Å². The maximum absolute atomic E-state index is 11.9. The van der Waals surface area contributed by atoms with Crippen LogP contribution in [0.2, 0.25) is 0 Å². The molecular weight excluding hydrogens is 242 g/mol. The van der Waals surface area contributed by atoms with Gasteiger partial charge in [-0.2, -0.15) is 0 Å². The van der Waals surface area contributed by atoms with E-state index in [4.69, 9.17) is 0 Å². The summed E-state index contributed by atoms with van der Waals surface area (Å²) < 4.78 is 0. The fourth-order valence-corrected chi connectivity index (χ4v) is 3.14. The molecule has 1 atom stereocenters. The Kier molecular flexibility index (Phi) is 2.84. The number of rotatable bonds is 2. The molecule has 2 aromatic carbocycles. The van der Waals surface area contributed by atoms with E-state index in [0.29, 0.717) is 0 Å². The van der Waals surface area contributed by atoms with E-state index >= 15 is 0 Å². The standard InChI is InChI=1S/C15H13NOS/c1-18-14-13-11(10-6-3-2-4-7-10)8-5-9-12(13)16-15(14)17/h2-9,14H,1H3,(H,16,17). The van der Waals surface area contributed by atoms with Crippen molar-refractivity contribution < 1.29 is 4.79 Å². The Morgan fingerprint density at radius 2 is 1.83 bits per heavy atom. The van der Waals surface area contributed by atoms with Crippen LogP contribution >= 0.6 is 11.8 Å². The molecule has 1 aliphatic heterocycles. The van der Waals surface area contributed by atoms with Crippen molar-refractivity contribution in [3.8, 4) is 11.1 Å². The molecule has 1 aliphatic rings. The molecule has 0 aromatic heterocycles. The molecule has 3 heteroatoms. The average molecular weight is 255 g/mol. The topological polar surface area (TPSA) is 29.1 Å². The van der Waals surface area contributed by atoms with E-state index in [1.807, 2.05) is 36.6 Å². The molecule has 1 unspecified atom stereocenters. The normalized spacial score (nSPS) is 17.4. The number of carbonyl (C=O) groups excluding carboxylic acids is 1. The van der Waals surface area contributed by atoms with Gasteiger partial charge in [0.1, 0.15) is 5.25 Å². The van der Waals surface area contributed by atoms with E-state index in [1.165, 1.54) is 0 Å². The molecule has 2 aromatic rings. The molecule has 18 heavy (non-hydrogen) atoms. The van der Waals surface area contributed by atoms with Crippen LogP contribution < -0.4 is 5.32 Å². The predicted octanol–water partition coefficient (Wildman–Crippen LogP) is 3.71. The number of carbonyl (C=O) groups is 1. The minimum absolute atomic E-state index is 0.0841. The predicted molar refractivity (Wildman–Crippen MR) is 76.8 cm³/mol. The van der Waals surface area contributed by atoms with Crippen LogP contribution in [0.15, 0.2) is 48.5 Å². The van der Waals surface area contributed by atoms with E-state index in [-0.39, 0.29) is 11.2 Å². The fourth-order valence-electron chi connectivity index (χ4n) is 2.38. The van der Waals surface area contributed by atoms with Gasteiger partial charge in [-0.05, 0) is 23.4 Å². The van der Waals surface area contributed by atoms with Gasteiger partial charge >= 0.3 is 0 Å². The Labute approximate surface area is 110 Å².